The number of fused-ring (bicyclic) bond motifs is 1. The molecule has 0 bridgehead atoms. The van der Waals surface area contributed by atoms with E-state index < -0.39 is 0 Å². The average molecular weight is 276 g/mol. The number of halogens is 1. The Bertz CT molecular complexity index is 566. The van der Waals surface area contributed by atoms with Gasteiger partial charge in [-0.1, -0.05) is 11.6 Å². The van der Waals surface area contributed by atoms with Crippen molar-refractivity contribution in [3.8, 4) is 6.07 Å². The first-order valence-electron chi connectivity index (χ1n) is 6.43. The molecule has 0 aromatic heterocycles. The van der Waals surface area contributed by atoms with Gasteiger partial charge in [0.15, 0.2) is 0 Å². The molecule has 2 fully saturated rings. The first kappa shape index (κ1) is 12.3. The number of hydrogen-bond donors (Lipinski definition) is 0. The molecule has 1 unspecified atom stereocenters. The molecular weight excluding hydrogens is 262 g/mol. The number of amides is 1. The van der Waals surface area contributed by atoms with Crippen LogP contribution < -0.4 is 4.90 Å². The molecule has 2 heterocycles. The monoisotopic (exact) mass is 275 g/mol. The van der Waals surface area contributed by atoms with Gasteiger partial charge < -0.3 is 9.80 Å². The highest BCUT2D eigenvalue weighted by molar-refractivity contribution is 6.32. The lowest BCUT2D eigenvalue weighted by atomic mass is 10.1. The lowest BCUT2D eigenvalue weighted by Crippen LogP contribution is -2.51. The Hall–Kier alpha value is -1.73. The summed E-state index contributed by atoms with van der Waals surface area (Å²) in [7, 11) is 0. The van der Waals surface area contributed by atoms with Crippen LogP contribution in [-0.4, -0.2) is 36.5 Å². The summed E-state index contributed by atoms with van der Waals surface area (Å²) in [5.74, 6) is 0.280. The van der Waals surface area contributed by atoms with Crippen molar-refractivity contribution in [3.63, 3.8) is 0 Å². The van der Waals surface area contributed by atoms with Gasteiger partial charge in [-0.3, -0.25) is 4.79 Å². The molecule has 0 aliphatic carbocycles. The third-order valence-electron chi connectivity index (χ3n) is 3.93. The van der Waals surface area contributed by atoms with E-state index in [2.05, 4.69) is 11.0 Å². The number of carbonyl (C=O) groups is 1. The van der Waals surface area contributed by atoms with E-state index in [0.717, 1.165) is 31.7 Å². The zero-order chi connectivity index (χ0) is 13.4. The van der Waals surface area contributed by atoms with Crippen LogP contribution in [-0.2, 0) is 4.79 Å². The van der Waals surface area contributed by atoms with Crippen molar-refractivity contribution >= 4 is 23.2 Å². The standard InChI is InChI=1S/C14H14ClN3O/c15-13-7-11(2-1-10(13)8-16)17-5-6-18-12(9-17)3-4-14(18)19/h1-2,7,12H,3-6,9H2. The highest BCUT2D eigenvalue weighted by Crippen LogP contribution is 2.28. The zero-order valence-electron chi connectivity index (χ0n) is 10.5. The summed E-state index contributed by atoms with van der Waals surface area (Å²) in [5, 5.41) is 9.37. The van der Waals surface area contributed by atoms with Gasteiger partial charge in [0.1, 0.15) is 6.07 Å². The summed E-state index contributed by atoms with van der Waals surface area (Å²) >= 11 is 6.07. The van der Waals surface area contributed by atoms with E-state index >= 15 is 0 Å². The van der Waals surface area contributed by atoms with Gasteiger partial charge in [-0.15, -0.1) is 0 Å². The summed E-state index contributed by atoms with van der Waals surface area (Å²) in [6.45, 7) is 2.46. The number of piperazine rings is 1. The van der Waals surface area contributed by atoms with Crippen LogP contribution in [0.4, 0.5) is 5.69 Å². The maximum absolute atomic E-state index is 11.6. The minimum absolute atomic E-state index is 0.280. The summed E-state index contributed by atoms with van der Waals surface area (Å²) < 4.78 is 0. The number of rotatable bonds is 1. The third-order valence-corrected chi connectivity index (χ3v) is 4.25. The number of nitrogens with zero attached hydrogens (tertiary/aromatic N) is 3. The molecule has 2 aliphatic rings. The predicted molar refractivity (Wildman–Crippen MR) is 73.1 cm³/mol. The largest absolute Gasteiger partial charge is 0.368 e. The fraction of sp³-hybridized carbons (Fsp3) is 0.429. The van der Waals surface area contributed by atoms with Crippen LogP contribution in [0.2, 0.25) is 5.02 Å². The van der Waals surface area contributed by atoms with Gasteiger partial charge in [0.2, 0.25) is 5.91 Å². The molecule has 0 N–H and O–H groups in total. The number of hydrogen-bond acceptors (Lipinski definition) is 3. The van der Waals surface area contributed by atoms with E-state index in [0.29, 0.717) is 23.0 Å². The number of benzene rings is 1. The second kappa shape index (κ2) is 4.75. The van der Waals surface area contributed by atoms with E-state index in [1.54, 1.807) is 6.07 Å². The van der Waals surface area contributed by atoms with Gasteiger partial charge in [-0.2, -0.15) is 5.26 Å². The van der Waals surface area contributed by atoms with Gasteiger partial charge in [0, 0.05) is 37.8 Å². The van der Waals surface area contributed by atoms with E-state index in [-0.39, 0.29) is 5.91 Å². The highest BCUT2D eigenvalue weighted by Gasteiger charge is 2.35. The molecule has 1 aromatic rings. The third kappa shape index (κ3) is 2.15. The maximum atomic E-state index is 11.6. The molecule has 2 aliphatic heterocycles. The normalized spacial score (nSPS) is 22.3. The van der Waals surface area contributed by atoms with E-state index in [4.69, 9.17) is 16.9 Å². The lowest BCUT2D eigenvalue weighted by Gasteiger charge is -2.38. The van der Waals surface area contributed by atoms with Gasteiger partial charge >= 0.3 is 0 Å². The second-order valence-corrected chi connectivity index (χ2v) is 5.41. The molecule has 3 rings (SSSR count). The lowest BCUT2D eigenvalue weighted by molar-refractivity contribution is -0.129. The van der Waals surface area contributed by atoms with Gasteiger partial charge in [-0.05, 0) is 24.6 Å². The van der Waals surface area contributed by atoms with Crippen molar-refractivity contribution in [2.45, 2.75) is 18.9 Å². The molecule has 0 radical (unpaired) electrons. The number of anilines is 1. The molecule has 1 aromatic carbocycles. The quantitative estimate of drug-likeness (QED) is 0.788. The molecule has 5 heteroatoms. The molecule has 2 saturated heterocycles. The van der Waals surface area contributed by atoms with E-state index in [1.807, 2.05) is 17.0 Å². The highest BCUT2D eigenvalue weighted by atomic mass is 35.5. The Labute approximate surface area is 117 Å². The van der Waals surface area contributed by atoms with Crippen molar-refractivity contribution in [2.75, 3.05) is 24.5 Å². The maximum Gasteiger partial charge on any atom is 0.223 e. The molecule has 0 spiro atoms. The average Bonchev–Trinajstić information content (AvgIpc) is 2.80. The SMILES string of the molecule is N#Cc1ccc(N2CCN3C(=O)CCC3C2)cc1Cl. The van der Waals surface area contributed by atoms with Crippen molar-refractivity contribution in [1.29, 1.82) is 5.26 Å². The summed E-state index contributed by atoms with van der Waals surface area (Å²) in [6, 6.07) is 7.92. The van der Waals surface area contributed by atoms with E-state index in [9.17, 15) is 4.79 Å². The van der Waals surface area contributed by atoms with Crippen molar-refractivity contribution in [1.82, 2.24) is 4.90 Å². The van der Waals surface area contributed by atoms with Crippen LogP contribution >= 0.6 is 11.6 Å². The molecule has 1 atom stereocenters. The molecule has 0 saturated carbocycles. The van der Waals surface area contributed by atoms with Gasteiger partial charge in [0.05, 0.1) is 10.6 Å². The van der Waals surface area contributed by atoms with Crippen LogP contribution in [0, 0.1) is 11.3 Å². The van der Waals surface area contributed by atoms with Crippen LogP contribution in [0.15, 0.2) is 18.2 Å². The smallest absolute Gasteiger partial charge is 0.223 e. The second-order valence-electron chi connectivity index (χ2n) is 5.00. The van der Waals surface area contributed by atoms with Gasteiger partial charge in [-0.25, -0.2) is 0 Å². The van der Waals surface area contributed by atoms with Crippen LogP contribution in [0.5, 0.6) is 0 Å². The predicted octanol–water partition coefficient (Wildman–Crippen LogP) is 2.02. The Balaban J connectivity index is 1.79. The molecule has 98 valence electrons. The minimum atomic E-state index is 0.280. The van der Waals surface area contributed by atoms with Crippen LogP contribution in [0.1, 0.15) is 18.4 Å². The Morgan fingerprint density at radius 3 is 2.95 bits per heavy atom. The fourth-order valence-electron chi connectivity index (χ4n) is 2.89. The van der Waals surface area contributed by atoms with Crippen molar-refractivity contribution in [2.24, 2.45) is 0 Å². The molecule has 19 heavy (non-hydrogen) atoms. The van der Waals surface area contributed by atoms with E-state index in [1.165, 1.54) is 0 Å². The first-order chi connectivity index (χ1) is 9.19. The Morgan fingerprint density at radius 2 is 2.21 bits per heavy atom. The molecule has 4 nitrogen and oxygen atoms in total. The fourth-order valence-corrected chi connectivity index (χ4v) is 3.11. The summed E-state index contributed by atoms with van der Waals surface area (Å²) in [5.41, 5.74) is 1.53. The number of nitriles is 1. The summed E-state index contributed by atoms with van der Waals surface area (Å²) in [4.78, 5) is 15.9. The number of carbonyl (C=O) groups excluding carboxylic acids is 1. The van der Waals surface area contributed by atoms with Crippen molar-refractivity contribution < 1.29 is 4.79 Å². The Kier molecular flexibility index (Phi) is 3.08. The first-order valence-corrected chi connectivity index (χ1v) is 6.81. The summed E-state index contributed by atoms with van der Waals surface area (Å²) in [6.07, 6.45) is 1.62. The minimum Gasteiger partial charge on any atom is -0.368 e. The van der Waals surface area contributed by atoms with Gasteiger partial charge in [0.25, 0.3) is 0 Å². The Morgan fingerprint density at radius 1 is 1.37 bits per heavy atom. The molecule has 1 amide bonds. The van der Waals surface area contributed by atoms with Crippen molar-refractivity contribution in [3.05, 3.63) is 28.8 Å². The van der Waals surface area contributed by atoms with Crippen LogP contribution in [0.3, 0.4) is 0 Å². The topological polar surface area (TPSA) is 47.3 Å². The zero-order valence-corrected chi connectivity index (χ0v) is 11.2. The molecular formula is C14H14ClN3O. The van der Waals surface area contributed by atoms with Crippen LogP contribution in [0.25, 0.3) is 0 Å².